The van der Waals surface area contributed by atoms with Crippen LogP contribution in [-0.2, 0) is 0 Å². The van der Waals surface area contributed by atoms with E-state index in [9.17, 15) is 0 Å². The second-order valence-corrected chi connectivity index (χ2v) is 4.13. The van der Waals surface area contributed by atoms with Crippen LogP contribution >= 0.6 is 38.5 Å². The molecular formula is C7H6BrIN2. The van der Waals surface area contributed by atoms with Gasteiger partial charge in [-0.1, -0.05) is 0 Å². The van der Waals surface area contributed by atoms with Gasteiger partial charge in [0, 0.05) is 19.8 Å². The first-order valence-electron chi connectivity index (χ1n) is 2.90. The molecule has 0 saturated carbocycles. The number of halogens is 2. The molecule has 0 bridgehead atoms. The van der Waals surface area contributed by atoms with E-state index in [2.05, 4.69) is 38.5 Å². The molecule has 0 unspecified atom stereocenters. The Labute approximate surface area is 87.0 Å². The highest BCUT2D eigenvalue weighted by molar-refractivity contribution is 14.1. The van der Waals surface area contributed by atoms with Crippen molar-refractivity contribution in [3.63, 3.8) is 0 Å². The molecule has 0 atom stereocenters. The summed E-state index contributed by atoms with van der Waals surface area (Å²) in [7, 11) is 0. The first-order chi connectivity index (χ1) is 5.15. The summed E-state index contributed by atoms with van der Waals surface area (Å²) in [6, 6.07) is 3.79. The van der Waals surface area contributed by atoms with Crippen LogP contribution in [0.4, 0.5) is 5.69 Å². The van der Waals surface area contributed by atoms with Gasteiger partial charge in [0.05, 0.1) is 5.69 Å². The third-order valence-electron chi connectivity index (χ3n) is 1.28. The van der Waals surface area contributed by atoms with Gasteiger partial charge in [0.15, 0.2) is 0 Å². The van der Waals surface area contributed by atoms with Crippen LogP contribution in [0.25, 0.3) is 0 Å². The van der Waals surface area contributed by atoms with E-state index in [1.165, 1.54) is 6.21 Å². The Hall–Kier alpha value is -0.100. The van der Waals surface area contributed by atoms with Crippen molar-refractivity contribution in [1.82, 2.24) is 0 Å². The van der Waals surface area contributed by atoms with Crippen molar-refractivity contribution in [3.8, 4) is 0 Å². The summed E-state index contributed by atoms with van der Waals surface area (Å²) in [6.45, 7) is 0. The summed E-state index contributed by atoms with van der Waals surface area (Å²) in [5.74, 6) is 0. The predicted molar refractivity (Wildman–Crippen MR) is 59.2 cm³/mol. The molecule has 0 fully saturated rings. The lowest BCUT2D eigenvalue weighted by atomic mass is 10.2. The predicted octanol–water partition coefficient (Wildman–Crippen LogP) is 2.63. The van der Waals surface area contributed by atoms with E-state index in [1.54, 1.807) is 0 Å². The standard InChI is InChI=1S/C7H6BrIN2/c8-6-2-5(9)1-4(3-10)7(6)11/h1-3,10H,11H2. The molecule has 0 aromatic heterocycles. The van der Waals surface area contributed by atoms with Gasteiger partial charge in [0.2, 0.25) is 0 Å². The van der Waals surface area contributed by atoms with Crippen LogP contribution < -0.4 is 5.73 Å². The lowest BCUT2D eigenvalue weighted by molar-refractivity contribution is 1.51. The fourth-order valence-corrected chi connectivity index (χ4v) is 2.27. The number of nitrogens with two attached hydrogens (primary N) is 1. The number of nitrogens with one attached hydrogen (secondary N) is 1. The number of hydrogen-bond donors (Lipinski definition) is 2. The minimum Gasteiger partial charge on any atom is -0.397 e. The highest BCUT2D eigenvalue weighted by Gasteiger charge is 2.01. The first kappa shape index (κ1) is 8.99. The topological polar surface area (TPSA) is 49.9 Å². The second kappa shape index (κ2) is 3.53. The Kier molecular flexibility index (Phi) is 2.89. The summed E-state index contributed by atoms with van der Waals surface area (Å²) in [4.78, 5) is 0. The van der Waals surface area contributed by atoms with Gasteiger partial charge < -0.3 is 11.1 Å². The van der Waals surface area contributed by atoms with Gasteiger partial charge in [-0.3, -0.25) is 0 Å². The number of hydrogen-bond acceptors (Lipinski definition) is 2. The van der Waals surface area contributed by atoms with Crippen molar-refractivity contribution in [2.45, 2.75) is 0 Å². The fourth-order valence-electron chi connectivity index (χ4n) is 0.724. The van der Waals surface area contributed by atoms with Gasteiger partial charge in [-0.05, 0) is 50.7 Å². The quantitative estimate of drug-likeness (QED) is 0.466. The van der Waals surface area contributed by atoms with Crippen LogP contribution in [0.5, 0.6) is 0 Å². The maximum atomic E-state index is 7.05. The zero-order chi connectivity index (χ0) is 8.43. The van der Waals surface area contributed by atoms with E-state index in [4.69, 9.17) is 11.1 Å². The SMILES string of the molecule is N=Cc1cc(I)cc(Br)c1N. The smallest absolute Gasteiger partial charge is 0.0548 e. The fraction of sp³-hybridized carbons (Fsp3) is 0. The van der Waals surface area contributed by atoms with Crippen LogP contribution in [0, 0.1) is 8.98 Å². The Bertz CT molecular complexity index is 299. The zero-order valence-electron chi connectivity index (χ0n) is 5.57. The van der Waals surface area contributed by atoms with Crippen LogP contribution in [0.3, 0.4) is 0 Å². The molecule has 3 N–H and O–H groups in total. The number of anilines is 1. The maximum absolute atomic E-state index is 7.05. The van der Waals surface area contributed by atoms with E-state index >= 15 is 0 Å². The Morgan fingerprint density at radius 2 is 2.18 bits per heavy atom. The molecular weight excluding hydrogens is 319 g/mol. The minimum atomic E-state index is 0.625. The average Bonchev–Trinajstić information content (AvgIpc) is 1.96. The lowest BCUT2D eigenvalue weighted by Crippen LogP contribution is -1.94. The Morgan fingerprint density at radius 3 is 2.73 bits per heavy atom. The summed E-state index contributed by atoms with van der Waals surface area (Å²) in [5.41, 5.74) is 7.04. The largest absolute Gasteiger partial charge is 0.397 e. The highest BCUT2D eigenvalue weighted by atomic mass is 127. The van der Waals surface area contributed by atoms with Gasteiger partial charge in [-0.2, -0.15) is 0 Å². The second-order valence-electron chi connectivity index (χ2n) is 2.03. The van der Waals surface area contributed by atoms with Gasteiger partial charge in [0.25, 0.3) is 0 Å². The van der Waals surface area contributed by atoms with Crippen LogP contribution in [0.2, 0.25) is 0 Å². The van der Waals surface area contributed by atoms with E-state index in [-0.39, 0.29) is 0 Å². The van der Waals surface area contributed by atoms with Crippen LogP contribution in [0.15, 0.2) is 16.6 Å². The third kappa shape index (κ3) is 1.93. The van der Waals surface area contributed by atoms with E-state index in [0.29, 0.717) is 5.69 Å². The Morgan fingerprint density at radius 1 is 1.55 bits per heavy atom. The number of benzene rings is 1. The molecule has 0 aliphatic carbocycles. The summed E-state index contributed by atoms with van der Waals surface area (Å²) >= 11 is 5.49. The van der Waals surface area contributed by atoms with Crippen molar-refractivity contribution in [3.05, 3.63) is 25.7 Å². The molecule has 1 aromatic carbocycles. The number of rotatable bonds is 1. The van der Waals surface area contributed by atoms with Crippen molar-refractivity contribution in [1.29, 1.82) is 5.41 Å². The third-order valence-corrected chi connectivity index (χ3v) is 2.56. The van der Waals surface area contributed by atoms with Crippen LogP contribution in [0.1, 0.15) is 5.56 Å². The maximum Gasteiger partial charge on any atom is 0.0548 e. The van der Waals surface area contributed by atoms with E-state index in [1.807, 2.05) is 12.1 Å². The summed E-state index contributed by atoms with van der Waals surface area (Å²) < 4.78 is 1.92. The molecule has 58 valence electrons. The van der Waals surface area contributed by atoms with Gasteiger partial charge >= 0.3 is 0 Å². The average molecular weight is 325 g/mol. The molecule has 0 amide bonds. The van der Waals surface area contributed by atoms with Crippen molar-refractivity contribution >= 4 is 50.4 Å². The first-order valence-corrected chi connectivity index (χ1v) is 4.77. The lowest BCUT2D eigenvalue weighted by Gasteiger charge is -2.02. The Balaban J connectivity index is 3.35. The van der Waals surface area contributed by atoms with Crippen molar-refractivity contribution in [2.75, 3.05) is 5.73 Å². The summed E-state index contributed by atoms with van der Waals surface area (Å²) in [5, 5.41) is 7.05. The molecule has 0 spiro atoms. The molecule has 0 radical (unpaired) electrons. The van der Waals surface area contributed by atoms with Gasteiger partial charge in [0.1, 0.15) is 0 Å². The monoisotopic (exact) mass is 324 g/mol. The minimum absolute atomic E-state index is 0.625. The van der Waals surface area contributed by atoms with Gasteiger partial charge in [-0.25, -0.2) is 0 Å². The van der Waals surface area contributed by atoms with E-state index < -0.39 is 0 Å². The van der Waals surface area contributed by atoms with Crippen molar-refractivity contribution in [2.24, 2.45) is 0 Å². The molecule has 0 saturated heterocycles. The number of nitrogen functional groups attached to an aromatic ring is 1. The molecule has 1 aromatic rings. The molecule has 0 aliphatic rings. The zero-order valence-corrected chi connectivity index (χ0v) is 9.31. The molecule has 0 heterocycles. The molecule has 1 rings (SSSR count). The molecule has 0 aliphatic heterocycles. The molecule has 4 heteroatoms. The van der Waals surface area contributed by atoms with Crippen molar-refractivity contribution < 1.29 is 0 Å². The van der Waals surface area contributed by atoms with E-state index in [0.717, 1.165) is 13.6 Å². The van der Waals surface area contributed by atoms with Crippen LogP contribution in [-0.4, -0.2) is 6.21 Å². The molecule has 11 heavy (non-hydrogen) atoms. The molecule has 2 nitrogen and oxygen atoms in total. The summed E-state index contributed by atoms with van der Waals surface area (Å²) in [6.07, 6.45) is 1.25. The highest BCUT2D eigenvalue weighted by Crippen LogP contribution is 2.24. The van der Waals surface area contributed by atoms with Gasteiger partial charge in [-0.15, -0.1) is 0 Å². The normalized spacial score (nSPS) is 9.64.